The van der Waals surface area contributed by atoms with E-state index in [2.05, 4.69) is 15.4 Å². The van der Waals surface area contributed by atoms with Gasteiger partial charge in [0.25, 0.3) is 0 Å². The number of nitrogens with one attached hydrogen (secondary N) is 1. The SMILES string of the molecule is O=C1c2ccccc2-c2onc3c(N4CCC5(CC4)OCCO5)cc(Nc4ccccc4)c1c23. The third-order valence-electron chi connectivity index (χ3n) is 7.11. The highest BCUT2D eigenvalue weighted by Gasteiger charge is 2.41. The molecule has 7 nitrogen and oxygen atoms in total. The Morgan fingerprint density at radius 1 is 0.912 bits per heavy atom. The van der Waals surface area contributed by atoms with E-state index in [0.717, 1.165) is 59.5 Å². The van der Waals surface area contributed by atoms with E-state index in [4.69, 9.17) is 14.0 Å². The van der Waals surface area contributed by atoms with E-state index in [1.54, 1.807) is 0 Å². The Balaban J connectivity index is 1.39. The van der Waals surface area contributed by atoms with Gasteiger partial charge in [0.2, 0.25) is 0 Å². The van der Waals surface area contributed by atoms with Crippen molar-refractivity contribution in [2.45, 2.75) is 18.6 Å². The molecule has 2 saturated heterocycles. The van der Waals surface area contributed by atoms with Crippen LogP contribution in [0.2, 0.25) is 0 Å². The van der Waals surface area contributed by atoms with Crippen LogP contribution in [0.5, 0.6) is 0 Å². The first-order valence-corrected chi connectivity index (χ1v) is 11.7. The maximum absolute atomic E-state index is 13.7. The molecule has 1 aliphatic carbocycles. The number of benzene rings is 3. The number of piperidine rings is 1. The summed E-state index contributed by atoms with van der Waals surface area (Å²) < 4.78 is 17.7. The second kappa shape index (κ2) is 7.41. The molecule has 3 aromatic carbocycles. The smallest absolute Gasteiger partial charge is 0.196 e. The summed E-state index contributed by atoms with van der Waals surface area (Å²) in [6.07, 6.45) is 1.56. The summed E-state index contributed by atoms with van der Waals surface area (Å²) in [6.45, 7) is 2.84. The zero-order valence-corrected chi connectivity index (χ0v) is 18.5. The number of hydrogen-bond acceptors (Lipinski definition) is 7. The van der Waals surface area contributed by atoms with Crippen LogP contribution in [-0.4, -0.2) is 43.0 Å². The molecule has 0 unspecified atom stereocenters. The summed E-state index contributed by atoms with van der Waals surface area (Å²) >= 11 is 0. The van der Waals surface area contributed by atoms with E-state index in [-0.39, 0.29) is 5.78 Å². The minimum Gasteiger partial charge on any atom is -0.369 e. The first-order valence-electron chi connectivity index (χ1n) is 11.7. The zero-order valence-electron chi connectivity index (χ0n) is 18.5. The second-order valence-electron chi connectivity index (χ2n) is 9.01. The van der Waals surface area contributed by atoms with E-state index in [1.807, 2.05) is 60.7 Å². The van der Waals surface area contributed by atoms with Gasteiger partial charge in [-0.15, -0.1) is 0 Å². The average Bonchev–Trinajstić information content (AvgIpc) is 3.52. The lowest BCUT2D eigenvalue weighted by Crippen LogP contribution is -2.45. The van der Waals surface area contributed by atoms with E-state index in [1.165, 1.54) is 0 Å². The fraction of sp³-hybridized carbons (Fsp3) is 0.259. The lowest BCUT2D eigenvalue weighted by Gasteiger charge is -2.39. The van der Waals surface area contributed by atoms with Gasteiger partial charge in [-0.2, -0.15) is 0 Å². The molecule has 0 amide bonds. The standard InChI is InChI=1S/C27H23N3O4/c31-25-18-8-4-5-9-19(18)26-23-22(25)20(28-17-6-2-1-3-7-17)16-21(24(23)29-34-26)30-12-10-27(11-13-30)32-14-15-33-27/h1-9,16,28H,10-15H2. The molecule has 2 aliphatic heterocycles. The van der Waals surface area contributed by atoms with Gasteiger partial charge in [-0.05, 0) is 18.2 Å². The van der Waals surface area contributed by atoms with Crippen LogP contribution in [0.1, 0.15) is 28.8 Å². The van der Waals surface area contributed by atoms with Gasteiger partial charge in [-0.25, -0.2) is 0 Å². The Labute approximate surface area is 196 Å². The predicted octanol–water partition coefficient (Wildman–Crippen LogP) is 5.13. The monoisotopic (exact) mass is 453 g/mol. The number of aromatic nitrogens is 1. The Morgan fingerprint density at radius 2 is 1.62 bits per heavy atom. The molecule has 1 N–H and O–H groups in total. The molecule has 4 aromatic rings. The quantitative estimate of drug-likeness (QED) is 0.406. The molecule has 1 aromatic heterocycles. The van der Waals surface area contributed by atoms with Crippen molar-refractivity contribution < 1.29 is 18.8 Å². The first-order chi connectivity index (χ1) is 16.7. The number of nitrogens with zero attached hydrogens (tertiary/aromatic N) is 2. The first kappa shape index (κ1) is 19.8. The van der Waals surface area contributed by atoms with Crippen molar-refractivity contribution >= 4 is 33.7 Å². The Hall–Kier alpha value is -3.68. The van der Waals surface area contributed by atoms with Gasteiger partial charge in [-0.1, -0.05) is 47.6 Å². The highest BCUT2D eigenvalue weighted by atomic mass is 16.7. The number of hydrogen-bond donors (Lipinski definition) is 1. The van der Waals surface area contributed by atoms with Gasteiger partial charge in [-0.3, -0.25) is 4.79 Å². The molecule has 34 heavy (non-hydrogen) atoms. The zero-order chi connectivity index (χ0) is 22.7. The fourth-order valence-corrected chi connectivity index (χ4v) is 5.43. The minimum absolute atomic E-state index is 0.0216. The third kappa shape index (κ3) is 2.90. The average molecular weight is 453 g/mol. The molecule has 170 valence electrons. The van der Waals surface area contributed by atoms with Crippen LogP contribution in [0.25, 0.3) is 22.2 Å². The Kier molecular flexibility index (Phi) is 4.31. The number of ketones is 1. The van der Waals surface area contributed by atoms with E-state index in [0.29, 0.717) is 30.1 Å². The van der Waals surface area contributed by atoms with Gasteiger partial charge in [0.1, 0.15) is 5.52 Å². The molecule has 2 fully saturated rings. The minimum atomic E-state index is -0.462. The molecule has 0 bridgehead atoms. The molecule has 3 aliphatic rings. The van der Waals surface area contributed by atoms with Gasteiger partial charge in [0.15, 0.2) is 17.3 Å². The normalized spacial score (nSPS) is 18.5. The number of carbonyl (C=O) groups is 1. The van der Waals surface area contributed by atoms with Crippen LogP contribution in [0, 0.1) is 0 Å². The lowest BCUT2D eigenvalue weighted by atomic mass is 9.86. The highest BCUT2D eigenvalue weighted by Crippen LogP contribution is 2.47. The summed E-state index contributed by atoms with van der Waals surface area (Å²) in [4.78, 5) is 16.0. The van der Waals surface area contributed by atoms with Crippen LogP contribution in [0.4, 0.5) is 17.1 Å². The Bertz CT molecular complexity index is 1410. The largest absolute Gasteiger partial charge is 0.369 e. The number of para-hydroxylation sites is 1. The molecule has 0 saturated carbocycles. The molecular formula is C27H23N3O4. The summed E-state index contributed by atoms with van der Waals surface area (Å²) in [7, 11) is 0. The molecule has 0 atom stereocenters. The number of anilines is 3. The lowest BCUT2D eigenvalue weighted by molar-refractivity contribution is -0.169. The van der Waals surface area contributed by atoms with Crippen molar-refractivity contribution in [2.75, 3.05) is 36.5 Å². The topological polar surface area (TPSA) is 76.8 Å². The summed E-state index contributed by atoms with van der Waals surface area (Å²) in [6, 6.07) is 19.5. The van der Waals surface area contributed by atoms with Crippen molar-refractivity contribution in [3.63, 3.8) is 0 Å². The molecule has 0 radical (unpaired) electrons. The van der Waals surface area contributed by atoms with Crippen LogP contribution in [0.15, 0.2) is 65.2 Å². The van der Waals surface area contributed by atoms with Crippen molar-refractivity contribution in [2.24, 2.45) is 0 Å². The summed E-state index contributed by atoms with van der Waals surface area (Å²) in [5, 5.41) is 8.74. The van der Waals surface area contributed by atoms with Gasteiger partial charge in [0.05, 0.1) is 35.5 Å². The van der Waals surface area contributed by atoms with Crippen LogP contribution in [-0.2, 0) is 9.47 Å². The van der Waals surface area contributed by atoms with Crippen LogP contribution < -0.4 is 10.2 Å². The Morgan fingerprint density at radius 3 is 2.38 bits per heavy atom. The van der Waals surface area contributed by atoms with Gasteiger partial charge < -0.3 is 24.2 Å². The van der Waals surface area contributed by atoms with E-state index < -0.39 is 5.79 Å². The maximum Gasteiger partial charge on any atom is 0.196 e. The summed E-state index contributed by atoms with van der Waals surface area (Å²) in [5.74, 6) is 0.163. The van der Waals surface area contributed by atoms with Crippen molar-refractivity contribution in [3.05, 3.63) is 71.8 Å². The third-order valence-corrected chi connectivity index (χ3v) is 7.11. The van der Waals surface area contributed by atoms with E-state index >= 15 is 0 Å². The van der Waals surface area contributed by atoms with Crippen LogP contribution in [0.3, 0.4) is 0 Å². The molecule has 3 heterocycles. The van der Waals surface area contributed by atoms with Crippen molar-refractivity contribution in [1.82, 2.24) is 5.16 Å². The fourth-order valence-electron chi connectivity index (χ4n) is 5.43. The summed E-state index contributed by atoms with van der Waals surface area (Å²) in [5.41, 5.74) is 5.37. The number of ether oxygens (including phenoxy) is 2. The highest BCUT2D eigenvalue weighted by molar-refractivity contribution is 6.28. The number of fused-ring (bicyclic) bond motifs is 2. The molecular weight excluding hydrogens is 430 g/mol. The van der Waals surface area contributed by atoms with Crippen molar-refractivity contribution in [1.29, 1.82) is 0 Å². The molecule has 7 rings (SSSR count). The number of carbonyl (C=O) groups excluding carboxylic acids is 1. The number of rotatable bonds is 3. The van der Waals surface area contributed by atoms with E-state index in [9.17, 15) is 4.79 Å². The maximum atomic E-state index is 13.7. The molecule has 7 heteroatoms. The van der Waals surface area contributed by atoms with Gasteiger partial charge in [0, 0.05) is 42.7 Å². The second-order valence-corrected chi connectivity index (χ2v) is 9.01. The predicted molar refractivity (Wildman–Crippen MR) is 129 cm³/mol. The van der Waals surface area contributed by atoms with Crippen LogP contribution >= 0.6 is 0 Å². The van der Waals surface area contributed by atoms with Crippen molar-refractivity contribution in [3.8, 4) is 11.3 Å². The van der Waals surface area contributed by atoms with Gasteiger partial charge >= 0.3 is 0 Å². The molecule has 1 spiro atoms.